The van der Waals surface area contributed by atoms with Gasteiger partial charge in [0.1, 0.15) is 5.75 Å². The first-order chi connectivity index (χ1) is 18.3. The van der Waals surface area contributed by atoms with Gasteiger partial charge in [0.15, 0.2) is 17.5 Å². The molecule has 202 valence electrons. The average molecular weight is 529 g/mol. The summed E-state index contributed by atoms with van der Waals surface area (Å²) < 4.78 is 45.2. The fourth-order valence-electron chi connectivity index (χ4n) is 5.02. The molecule has 3 aromatic rings. The van der Waals surface area contributed by atoms with E-state index in [4.69, 9.17) is 4.74 Å². The Kier molecular flexibility index (Phi) is 8.90. The van der Waals surface area contributed by atoms with Crippen molar-refractivity contribution in [2.24, 2.45) is 5.41 Å². The van der Waals surface area contributed by atoms with Crippen LogP contribution < -0.4 is 4.74 Å². The molecular formula is C29H31F3N2O4. The largest absolute Gasteiger partial charge is 0.497 e. The van der Waals surface area contributed by atoms with E-state index in [0.717, 1.165) is 17.5 Å². The van der Waals surface area contributed by atoms with E-state index in [0.29, 0.717) is 67.7 Å². The van der Waals surface area contributed by atoms with Crippen molar-refractivity contribution < 1.29 is 33.2 Å². The Labute approximate surface area is 219 Å². The Morgan fingerprint density at radius 1 is 1.11 bits per heavy atom. The fraction of sp³-hybridized carbons (Fsp3) is 0.414. The summed E-state index contributed by atoms with van der Waals surface area (Å²) >= 11 is 0. The van der Waals surface area contributed by atoms with Gasteiger partial charge in [-0.15, -0.1) is 0 Å². The highest BCUT2D eigenvalue weighted by molar-refractivity contribution is 5.85. The van der Waals surface area contributed by atoms with Crippen LogP contribution in [0, 0.1) is 34.7 Å². The van der Waals surface area contributed by atoms with Gasteiger partial charge in [0.2, 0.25) is 0 Å². The van der Waals surface area contributed by atoms with Crippen LogP contribution in [0.2, 0.25) is 0 Å². The summed E-state index contributed by atoms with van der Waals surface area (Å²) in [4.78, 5) is 6.46. The highest BCUT2D eigenvalue weighted by atomic mass is 19.2. The Morgan fingerprint density at radius 2 is 1.82 bits per heavy atom. The van der Waals surface area contributed by atoms with Gasteiger partial charge in [0, 0.05) is 29.3 Å². The topological polar surface area (TPSA) is 86.0 Å². The van der Waals surface area contributed by atoms with Crippen LogP contribution in [0.25, 0.3) is 10.9 Å². The van der Waals surface area contributed by atoms with E-state index < -0.39 is 23.6 Å². The Bertz CT molecular complexity index is 1320. The van der Waals surface area contributed by atoms with E-state index in [1.165, 1.54) is 0 Å². The number of likely N-dealkylation sites (tertiary alicyclic amines) is 1. The molecule has 1 fully saturated rings. The molecule has 1 saturated heterocycles. The number of piperidine rings is 1. The van der Waals surface area contributed by atoms with Gasteiger partial charge < -0.3 is 20.1 Å². The van der Waals surface area contributed by atoms with Crippen molar-refractivity contribution in [2.75, 3.05) is 33.4 Å². The number of halogens is 3. The third-order valence-corrected chi connectivity index (χ3v) is 7.42. The molecule has 2 aromatic carbocycles. The Balaban J connectivity index is 1.39. The van der Waals surface area contributed by atoms with Crippen LogP contribution in [0.5, 0.6) is 5.75 Å². The van der Waals surface area contributed by atoms with Crippen LogP contribution >= 0.6 is 0 Å². The van der Waals surface area contributed by atoms with E-state index in [2.05, 4.69) is 21.7 Å². The Hall–Kier alpha value is -3.16. The average Bonchev–Trinajstić information content (AvgIpc) is 2.94. The zero-order chi connectivity index (χ0) is 27.3. The zero-order valence-corrected chi connectivity index (χ0v) is 21.2. The summed E-state index contributed by atoms with van der Waals surface area (Å²) in [5, 5.41) is 32.1. The molecule has 1 aromatic heterocycles. The number of aliphatic hydroxyl groups is 3. The van der Waals surface area contributed by atoms with E-state index >= 15 is 0 Å². The molecule has 6 nitrogen and oxygen atoms in total. The number of ether oxygens (including phenoxy) is 1. The second-order valence-corrected chi connectivity index (χ2v) is 9.78. The normalized spacial score (nSPS) is 16.2. The van der Waals surface area contributed by atoms with E-state index in [9.17, 15) is 28.5 Å². The summed E-state index contributed by atoms with van der Waals surface area (Å²) in [5.74, 6) is 2.12. The molecular weight excluding hydrogens is 497 g/mol. The lowest BCUT2D eigenvalue weighted by Crippen LogP contribution is -2.42. The van der Waals surface area contributed by atoms with Crippen LogP contribution in [-0.4, -0.2) is 58.6 Å². The maximum atomic E-state index is 13.4. The Morgan fingerprint density at radius 3 is 2.45 bits per heavy atom. The van der Waals surface area contributed by atoms with Gasteiger partial charge in [-0.05, 0) is 80.1 Å². The third kappa shape index (κ3) is 6.11. The first kappa shape index (κ1) is 27.9. The molecule has 0 saturated carbocycles. The number of nitrogens with zero attached hydrogens (tertiary/aromatic N) is 2. The molecule has 1 aliphatic heterocycles. The van der Waals surface area contributed by atoms with Gasteiger partial charge in [-0.2, -0.15) is 0 Å². The SMILES string of the molecule is COc1ccc2ncc(CO)c([C@@H](O)CCC3(CO)CCN(CC#Cc4cc(F)c(F)c(F)c4)CC3)c2c1. The summed E-state index contributed by atoms with van der Waals surface area (Å²) in [6, 6.07) is 7.14. The molecule has 9 heteroatoms. The molecule has 1 atom stereocenters. The van der Waals surface area contributed by atoms with Crippen LogP contribution in [-0.2, 0) is 6.61 Å². The molecule has 38 heavy (non-hydrogen) atoms. The lowest BCUT2D eigenvalue weighted by atomic mass is 9.74. The molecule has 1 aliphatic rings. The highest BCUT2D eigenvalue weighted by Crippen LogP contribution is 2.39. The summed E-state index contributed by atoms with van der Waals surface area (Å²) in [7, 11) is 1.56. The van der Waals surface area contributed by atoms with Gasteiger partial charge in [0.25, 0.3) is 0 Å². The predicted molar refractivity (Wildman–Crippen MR) is 137 cm³/mol. The molecule has 0 unspecified atom stereocenters. The predicted octanol–water partition coefficient (Wildman–Crippen LogP) is 4.09. The zero-order valence-electron chi connectivity index (χ0n) is 21.2. The minimum atomic E-state index is -1.51. The summed E-state index contributed by atoms with van der Waals surface area (Å²) in [6.45, 7) is 1.41. The number of methoxy groups -OCH3 is 1. The first-order valence-electron chi connectivity index (χ1n) is 12.5. The van der Waals surface area contributed by atoms with Gasteiger partial charge in [0.05, 0.1) is 31.9 Å². The van der Waals surface area contributed by atoms with Crippen LogP contribution in [0.3, 0.4) is 0 Å². The molecule has 3 N–H and O–H groups in total. The lowest BCUT2D eigenvalue weighted by molar-refractivity contribution is 0.0271. The van der Waals surface area contributed by atoms with Gasteiger partial charge >= 0.3 is 0 Å². The monoisotopic (exact) mass is 528 g/mol. The van der Waals surface area contributed by atoms with Gasteiger partial charge in [-0.25, -0.2) is 13.2 Å². The molecule has 0 amide bonds. The van der Waals surface area contributed by atoms with E-state index in [-0.39, 0.29) is 24.2 Å². The highest BCUT2D eigenvalue weighted by Gasteiger charge is 2.34. The number of aliphatic hydroxyl groups excluding tert-OH is 3. The summed E-state index contributed by atoms with van der Waals surface area (Å²) in [5.41, 5.74) is 1.56. The smallest absolute Gasteiger partial charge is 0.194 e. The summed E-state index contributed by atoms with van der Waals surface area (Å²) in [6.07, 6.45) is 3.06. The third-order valence-electron chi connectivity index (χ3n) is 7.42. The van der Waals surface area contributed by atoms with E-state index in [1.807, 2.05) is 6.07 Å². The molecule has 0 spiro atoms. The number of fused-ring (bicyclic) bond motifs is 1. The number of hydrogen-bond acceptors (Lipinski definition) is 6. The quantitative estimate of drug-likeness (QED) is 0.302. The van der Waals surface area contributed by atoms with Gasteiger partial charge in [-0.3, -0.25) is 9.88 Å². The van der Waals surface area contributed by atoms with Gasteiger partial charge in [-0.1, -0.05) is 11.8 Å². The van der Waals surface area contributed by atoms with Crippen molar-refractivity contribution in [2.45, 2.75) is 38.4 Å². The second kappa shape index (κ2) is 12.1. The second-order valence-electron chi connectivity index (χ2n) is 9.78. The van der Waals surface area contributed by atoms with Crippen molar-refractivity contribution in [1.29, 1.82) is 0 Å². The van der Waals surface area contributed by atoms with Crippen molar-refractivity contribution in [3.63, 3.8) is 0 Å². The fourth-order valence-corrected chi connectivity index (χ4v) is 5.02. The maximum Gasteiger partial charge on any atom is 0.194 e. The molecule has 0 aliphatic carbocycles. The lowest BCUT2D eigenvalue weighted by Gasteiger charge is -2.40. The standard InChI is InChI=1S/C29H31F3N2O4/c1-38-21-4-5-25-22(15-21)27(20(17-35)16-33-25)26(37)6-7-29(18-36)8-11-34(12-9-29)10-2-3-19-13-23(30)28(32)24(31)14-19/h4-5,13-16,26,35-37H,6-12,17-18H2,1H3/t26-/m0/s1. The van der Waals surface area contributed by atoms with Crippen molar-refractivity contribution in [1.82, 2.24) is 9.88 Å². The van der Waals surface area contributed by atoms with Crippen molar-refractivity contribution in [3.05, 3.63) is 70.7 Å². The number of aromatic nitrogens is 1. The van der Waals surface area contributed by atoms with Crippen molar-refractivity contribution >= 4 is 10.9 Å². The van der Waals surface area contributed by atoms with Crippen LogP contribution in [0.4, 0.5) is 13.2 Å². The number of hydrogen-bond donors (Lipinski definition) is 3. The first-order valence-corrected chi connectivity index (χ1v) is 12.5. The molecule has 0 bridgehead atoms. The number of benzene rings is 2. The van der Waals surface area contributed by atoms with Crippen molar-refractivity contribution in [3.8, 4) is 17.6 Å². The molecule has 4 rings (SSSR count). The van der Waals surface area contributed by atoms with Crippen LogP contribution in [0.1, 0.15) is 48.5 Å². The van der Waals surface area contributed by atoms with E-state index in [1.54, 1.807) is 25.4 Å². The maximum absolute atomic E-state index is 13.4. The minimum Gasteiger partial charge on any atom is -0.497 e. The molecule has 2 heterocycles. The number of rotatable bonds is 8. The van der Waals surface area contributed by atoms with Crippen LogP contribution in [0.15, 0.2) is 36.5 Å². The number of pyridine rings is 1. The minimum absolute atomic E-state index is 0.0227. The molecule has 0 radical (unpaired) electrons.